The van der Waals surface area contributed by atoms with E-state index in [0.717, 1.165) is 42.6 Å². The van der Waals surface area contributed by atoms with Crippen molar-refractivity contribution in [2.75, 3.05) is 19.7 Å². The summed E-state index contributed by atoms with van der Waals surface area (Å²) in [6.07, 6.45) is 1.43. The molecule has 0 bridgehead atoms. The Balaban J connectivity index is 0.00000261. The number of rotatable bonds is 5. The zero-order valence-corrected chi connectivity index (χ0v) is 19.6. The van der Waals surface area contributed by atoms with Crippen LogP contribution in [0.4, 0.5) is 0 Å². The lowest BCUT2D eigenvalue weighted by Gasteiger charge is -2.55. The van der Waals surface area contributed by atoms with Crippen LogP contribution >= 0.6 is 24.0 Å². The molecule has 1 saturated carbocycles. The molecule has 1 saturated heterocycles. The molecule has 0 aromatic carbocycles. The molecule has 1 aromatic heterocycles. The molecule has 154 valence electrons. The second-order valence-electron chi connectivity index (χ2n) is 8.48. The molecule has 0 spiro atoms. The van der Waals surface area contributed by atoms with Gasteiger partial charge in [-0.1, -0.05) is 13.8 Å². The molecule has 4 unspecified atom stereocenters. The van der Waals surface area contributed by atoms with Gasteiger partial charge in [-0.05, 0) is 40.2 Å². The summed E-state index contributed by atoms with van der Waals surface area (Å²) in [4.78, 5) is 4.68. The lowest BCUT2D eigenvalue weighted by Crippen LogP contribution is -2.68. The first kappa shape index (κ1) is 22.5. The van der Waals surface area contributed by atoms with Crippen LogP contribution in [-0.2, 0) is 10.3 Å². The van der Waals surface area contributed by atoms with Gasteiger partial charge in [0, 0.05) is 36.1 Å². The SMILES string of the molecule is CCNC(=NCC(C)(O)c1cc(C)oc1C)NC1C2CCOC2C1(C)C.I. The first-order valence-corrected chi connectivity index (χ1v) is 9.63. The van der Waals surface area contributed by atoms with E-state index in [2.05, 4.69) is 29.5 Å². The molecule has 1 aromatic rings. The summed E-state index contributed by atoms with van der Waals surface area (Å²) < 4.78 is 11.4. The summed E-state index contributed by atoms with van der Waals surface area (Å²) in [5.74, 6) is 2.82. The van der Waals surface area contributed by atoms with E-state index in [1.54, 1.807) is 6.92 Å². The molecule has 0 amide bonds. The average Bonchev–Trinajstić information content (AvgIpc) is 3.15. The number of ether oxygens (including phenoxy) is 1. The first-order chi connectivity index (χ1) is 12.2. The Bertz CT molecular complexity index is 684. The number of hydrogen-bond acceptors (Lipinski definition) is 4. The molecule has 1 aliphatic carbocycles. The van der Waals surface area contributed by atoms with E-state index in [-0.39, 0.29) is 35.9 Å². The van der Waals surface area contributed by atoms with Crippen molar-refractivity contribution in [3.05, 3.63) is 23.2 Å². The molecular formula is C20H34IN3O3. The molecule has 3 N–H and O–H groups in total. The van der Waals surface area contributed by atoms with Crippen molar-refractivity contribution in [1.82, 2.24) is 10.6 Å². The molecular weight excluding hydrogens is 457 g/mol. The Kier molecular flexibility index (Phi) is 6.90. The quantitative estimate of drug-likeness (QED) is 0.335. The lowest BCUT2D eigenvalue weighted by atomic mass is 9.57. The topological polar surface area (TPSA) is 79.0 Å². The van der Waals surface area contributed by atoms with Crippen molar-refractivity contribution in [1.29, 1.82) is 0 Å². The number of hydrogen-bond donors (Lipinski definition) is 3. The normalized spacial score (nSPS) is 28.6. The highest BCUT2D eigenvalue weighted by atomic mass is 127. The van der Waals surface area contributed by atoms with Gasteiger partial charge in [-0.2, -0.15) is 0 Å². The van der Waals surface area contributed by atoms with Crippen LogP contribution < -0.4 is 10.6 Å². The Labute approximate surface area is 179 Å². The molecule has 2 aliphatic rings. The third-order valence-electron chi connectivity index (χ3n) is 5.90. The molecule has 4 atom stereocenters. The molecule has 1 aliphatic heterocycles. The van der Waals surface area contributed by atoms with Crippen LogP contribution in [0.25, 0.3) is 0 Å². The first-order valence-electron chi connectivity index (χ1n) is 9.63. The van der Waals surface area contributed by atoms with Crippen LogP contribution in [0.3, 0.4) is 0 Å². The number of nitrogens with one attached hydrogen (secondary N) is 2. The molecule has 6 nitrogen and oxygen atoms in total. The van der Waals surface area contributed by atoms with E-state index in [1.165, 1.54) is 0 Å². The van der Waals surface area contributed by atoms with Crippen LogP contribution in [0.15, 0.2) is 15.5 Å². The number of aliphatic imine (C=N–C) groups is 1. The summed E-state index contributed by atoms with van der Waals surface area (Å²) in [6.45, 7) is 14.0. The largest absolute Gasteiger partial charge is 0.466 e. The van der Waals surface area contributed by atoms with Crippen molar-refractivity contribution in [2.45, 2.75) is 65.7 Å². The van der Waals surface area contributed by atoms with E-state index in [4.69, 9.17) is 9.15 Å². The summed E-state index contributed by atoms with van der Waals surface area (Å²) in [5, 5.41) is 17.8. The smallest absolute Gasteiger partial charge is 0.191 e. The minimum absolute atomic E-state index is 0. The number of aryl methyl sites for hydroxylation is 2. The number of guanidine groups is 1. The maximum absolute atomic E-state index is 10.9. The zero-order valence-electron chi connectivity index (χ0n) is 17.3. The van der Waals surface area contributed by atoms with Crippen molar-refractivity contribution in [3.8, 4) is 0 Å². The van der Waals surface area contributed by atoms with E-state index >= 15 is 0 Å². The van der Waals surface area contributed by atoms with E-state index in [9.17, 15) is 5.11 Å². The molecule has 27 heavy (non-hydrogen) atoms. The number of aliphatic hydroxyl groups is 1. The number of nitrogens with zero attached hydrogens (tertiary/aromatic N) is 1. The highest BCUT2D eigenvalue weighted by Crippen LogP contribution is 2.52. The van der Waals surface area contributed by atoms with Crippen molar-refractivity contribution >= 4 is 29.9 Å². The van der Waals surface area contributed by atoms with E-state index in [1.807, 2.05) is 26.8 Å². The van der Waals surface area contributed by atoms with E-state index in [0.29, 0.717) is 18.1 Å². The summed E-state index contributed by atoms with van der Waals surface area (Å²) >= 11 is 0. The van der Waals surface area contributed by atoms with Gasteiger partial charge < -0.3 is 24.9 Å². The highest BCUT2D eigenvalue weighted by molar-refractivity contribution is 14.0. The number of furan rings is 1. The van der Waals surface area contributed by atoms with Gasteiger partial charge in [0.05, 0.1) is 12.6 Å². The van der Waals surface area contributed by atoms with Crippen molar-refractivity contribution in [2.24, 2.45) is 16.3 Å². The molecule has 3 rings (SSSR count). The number of halogens is 1. The predicted molar refractivity (Wildman–Crippen MR) is 118 cm³/mol. The highest BCUT2D eigenvalue weighted by Gasteiger charge is 2.59. The third-order valence-corrected chi connectivity index (χ3v) is 5.90. The fourth-order valence-corrected chi connectivity index (χ4v) is 4.57. The Hall–Kier alpha value is -0.800. The summed E-state index contributed by atoms with van der Waals surface area (Å²) in [6, 6.07) is 2.22. The predicted octanol–water partition coefficient (Wildman–Crippen LogP) is 3.09. The molecule has 0 radical (unpaired) electrons. The third kappa shape index (κ3) is 4.29. The Morgan fingerprint density at radius 1 is 1.41 bits per heavy atom. The van der Waals surface area contributed by atoms with Gasteiger partial charge in [-0.3, -0.25) is 0 Å². The summed E-state index contributed by atoms with van der Waals surface area (Å²) in [7, 11) is 0. The van der Waals surface area contributed by atoms with Gasteiger partial charge in [0.25, 0.3) is 0 Å². The maximum Gasteiger partial charge on any atom is 0.191 e. The fourth-order valence-electron chi connectivity index (χ4n) is 4.57. The van der Waals surface area contributed by atoms with Crippen LogP contribution in [0.5, 0.6) is 0 Å². The van der Waals surface area contributed by atoms with Crippen LogP contribution in [-0.4, -0.2) is 42.9 Å². The van der Waals surface area contributed by atoms with Gasteiger partial charge in [0.2, 0.25) is 0 Å². The van der Waals surface area contributed by atoms with E-state index < -0.39 is 5.60 Å². The standard InChI is InChI=1S/C20H33N3O3.HI/c1-7-21-18(23-16-14-8-9-25-17(14)19(16,4)5)22-11-20(6,24)15-10-12(2)26-13(15)3;/h10,14,16-17,24H,7-9,11H2,1-6H3,(H2,21,22,23);1H. The van der Waals surface area contributed by atoms with Gasteiger partial charge in [-0.25, -0.2) is 4.99 Å². The van der Waals surface area contributed by atoms with Crippen molar-refractivity contribution in [3.63, 3.8) is 0 Å². The van der Waals surface area contributed by atoms with Gasteiger partial charge in [0.1, 0.15) is 17.1 Å². The second kappa shape index (κ2) is 8.29. The van der Waals surface area contributed by atoms with Crippen LogP contribution in [0.2, 0.25) is 0 Å². The molecule has 2 heterocycles. The molecule has 7 heteroatoms. The monoisotopic (exact) mass is 491 g/mol. The molecule has 2 fully saturated rings. The van der Waals surface area contributed by atoms with Gasteiger partial charge in [0.15, 0.2) is 5.96 Å². The number of fused-ring (bicyclic) bond motifs is 1. The van der Waals surface area contributed by atoms with Gasteiger partial charge >= 0.3 is 0 Å². The van der Waals surface area contributed by atoms with Crippen LogP contribution in [0, 0.1) is 25.2 Å². The summed E-state index contributed by atoms with van der Waals surface area (Å²) in [5.41, 5.74) is -0.195. The minimum Gasteiger partial charge on any atom is -0.466 e. The van der Waals surface area contributed by atoms with Crippen molar-refractivity contribution < 1.29 is 14.3 Å². The Morgan fingerprint density at radius 3 is 2.70 bits per heavy atom. The van der Waals surface area contributed by atoms with Gasteiger partial charge in [-0.15, -0.1) is 24.0 Å². The van der Waals surface area contributed by atoms with Crippen LogP contribution in [0.1, 0.15) is 51.2 Å². The lowest BCUT2D eigenvalue weighted by molar-refractivity contribution is -0.106. The average molecular weight is 491 g/mol. The Morgan fingerprint density at radius 2 is 2.11 bits per heavy atom. The fraction of sp³-hybridized carbons (Fsp3) is 0.750. The maximum atomic E-state index is 10.9. The zero-order chi connectivity index (χ0) is 19.1. The minimum atomic E-state index is -1.07. The second-order valence-corrected chi connectivity index (χ2v) is 8.48.